The maximum atomic E-state index is 12.1. The van der Waals surface area contributed by atoms with Crippen LogP contribution in [0.25, 0.3) is 5.69 Å². The first-order valence-electron chi connectivity index (χ1n) is 10.00. The van der Waals surface area contributed by atoms with Gasteiger partial charge in [0.1, 0.15) is 0 Å². The molecule has 3 rings (SSSR count). The van der Waals surface area contributed by atoms with Gasteiger partial charge in [-0.15, -0.1) is 24.0 Å². The Morgan fingerprint density at radius 3 is 2.83 bits per heavy atom. The number of benzene rings is 1. The lowest BCUT2D eigenvalue weighted by Crippen LogP contribution is -2.48. The number of esters is 1. The van der Waals surface area contributed by atoms with Crippen LogP contribution in [0.3, 0.4) is 0 Å². The quantitative estimate of drug-likeness (QED) is 0.279. The minimum atomic E-state index is -0.104. The van der Waals surface area contributed by atoms with Crippen LogP contribution in [0.1, 0.15) is 32.3 Å². The third-order valence-electron chi connectivity index (χ3n) is 4.74. The Morgan fingerprint density at radius 2 is 2.10 bits per heavy atom. The predicted molar refractivity (Wildman–Crippen MR) is 125 cm³/mol. The van der Waals surface area contributed by atoms with Gasteiger partial charge in [0.25, 0.3) is 0 Å². The zero-order chi connectivity index (χ0) is 19.8. The van der Waals surface area contributed by atoms with E-state index in [1.165, 1.54) is 0 Å². The van der Waals surface area contributed by atoms with Crippen molar-refractivity contribution >= 4 is 35.9 Å². The van der Waals surface area contributed by atoms with Gasteiger partial charge in [-0.3, -0.25) is 4.79 Å². The van der Waals surface area contributed by atoms with E-state index in [0.29, 0.717) is 19.7 Å². The number of hydrogen-bond acceptors (Lipinski definition) is 4. The number of carbonyl (C=O) groups excluding carboxylic acids is 1. The fourth-order valence-corrected chi connectivity index (χ4v) is 3.38. The Hall–Kier alpha value is -2.10. The highest BCUT2D eigenvalue weighted by atomic mass is 127. The summed E-state index contributed by atoms with van der Waals surface area (Å²) in [4.78, 5) is 19.1. The fourth-order valence-electron chi connectivity index (χ4n) is 3.38. The second-order valence-electron chi connectivity index (χ2n) is 6.84. The number of rotatable bonds is 6. The Bertz CT molecular complexity index is 793. The molecule has 8 heteroatoms. The van der Waals surface area contributed by atoms with E-state index in [9.17, 15) is 4.79 Å². The normalized spacial score (nSPS) is 16.8. The van der Waals surface area contributed by atoms with Crippen molar-refractivity contribution in [2.45, 2.75) is 33.2 Å². The van der Waals surface area contributed by atoms with Gasteiger partial charge < -0.3 is 15.0 Å². The molecular formula is C21H30IN5O2. The molecule has 29 heavy (non-hydrogen) atoms. The van der Waals surface area contributed by atoms with Gasteiger partial charge in [0.2, 0.25) is 0 Å². The molecule has 0 saturated carbocycles. The molecule has 1 aliphatic heterocycles. The van der Waals surface area contributed by atoms with Crippen LogP contribution in [0.15, 0.2) is 47.7 Å². The van der Waals surface area contributed by atoms with Gasteiger partial charge >= 0.3 is 5.97 Å². The lowest BCUT2D eigenvalue weighted by atomic mass is 9.98. The van der Waals surface area contributed by atoms with Crippen molar-refractivity contribution in [3.05, 3.63) is 48.3 Å². The third-order valence-corrected chi connectivity index (χ3v) is 4.74. The van der Waals surface area contributed by atoms with Crippen molar-refractivity contribution in [3.63, 3.8) is 0 Å². The summed E-state index contributed by atoms with van der Waals surface area (Å²) in [7, 11) is 0. The number of aromatic nitrogens is 2. The van der Waals surface area contributed by atoms with E-state index in [2.05, 4.69) is 22.2 Å². The van der Waals surface area contributed by atoms with Crippen molar-refractivity contribution in [1.82, 2.24) is 20.0 Å². The number of piperidine rings is 1. The topological polar surface area (TPSA) is 71.8 Å². The molecule has 0 bridgehead atoms. The lowest BCUT2D eigenvalue weighted by molar-refractivity contribution is -0.149. The summed E-state index contributed by atoms with van der Waals surface area (Å²) in [6, 6.07) is 10.0. The van der Waals surface area contributed by atoms with Crippen LogP contribution in [0, 0.1) is 5.92 Å². The van der Waals surface area contributed by atoms with E-state index in [1.54, 1.807) is 0 Å². The molecular weight excluding hydrogens is 481 g/mol. The number of carbonyl (C=O) groups is 1. The molecule has 1 atom stereocenters. The molecule has 0 radical (unpaired) electrons. The molecule has 7 nitrogen and oxygen atoms in total. The molecule has 0 amide bonds. The summed E-state index contributed by atoms with van der Waals surface area (Å²) in [5.41, 5.74) is 2.07. The molecule has 1 unspecified atom stereocenters. The monoisotopic (exact) mass is 511 g/mol. The number of nitrogens with zero attached hydrogens (tertiary/aromatic N) is 4. The minimum Gasteiger partial charge on any atom is -0.466 e. The Labute approximate surface area is 189 Å². The maximum Gasteiger partial charge on any atom is 0.310 e. The van der Waals surface area contributed by atoms with Crippen LogP contribution in [0.2, 0.25) is 0 Å². The highest BCUT2D eigenvalue weighted by Gasteiger charge is 2.28. The van der Waals surface area contributed by atoms with E-state index in [4.69, 9.17) is 9.73 Å². The second kappa shape index (κ2) is 11.8. The van der Waals surface area contributed by atoms with Crippen LogP contribution < -0.4 is 5.32 Å². The number of aliphatic imine (C=N–C) groups is 1. The Morgan fingerprint density at radius 1 is 1.31 bits per heavy atom. The van der Waals surface area contributed by atoms with Gasteiger partial charge in [-0.1, -0.05) is 18.2 Å². The van der Waals surface area contributed by atoms with Gasteiger partial charge in [0.15, 0.2) is 5.96 Å². The predicted octanol–water partition coefficient (Wildman–Crippen LogP) is 3.23. The molecule has 2 heterocycles. The van der Waals surface area contributed by atoms with E-state index in [-0.39, 0.29) is 35.9 Å². The average molecular weight is 511 g/mol. The Kier molecular flexibility index (Phi) is 9.43. The average Bonchev–Trinajstić information content (AvgIpc) is 3.21. The summed E-state index contributed by atoms with van der Waals surface area (Å²) in [5, 5.41) is 7.78. The summed E-state index contributed by atoms with van der Waals surface area (Å²) in [6.45, 7) is 7.18. The molecule has 1 aliphatic rings. The molecule has 1 aromatic carbocycles. The lowest BCUT2D eigenvalue weighted by Gasteiger charge is -2.34. The smallest absolute Gasteiger partial charge is 0.310 e. The van der Waals surface area contributed by atoms with Crippen molar-refractivity contribution in [3.8, 4) is 5.69 Å². The van der Waals surface area contributed by atoms with Gasteiger partial charge in [-0.2, -0.15) is 5.10 Å². The van der Waals surface area contributed by atoms with Crippen molar-refractivity contribution in [1.29, 1.82) is 0 Å². The molecule has 2 aromatic rings. The van der Waals surface area contributed by atoms with E-state index in [1.807, 2.05) is 54.3 Å². The first kappa shape index (κ1) is 23.2. The number of hydrogen-bond donors (Lipinski definition) is 1. The SMILES string of the molecule is CCNC(=NCc1cnn(-c2ccccc2)c1)N1CCCC(C(=O)OCC)C1.I. The van der Waals surface area contributed by atoms with Crippen molar-refractivity contribution < 1.29 is 9.53 Å². The number of para-hydroxylation sites is 1. The third kappa shape index (κ3) is 6.45. The Balaban J connectivity index is 0.00000300. The van der Waals surface area contributed by atoms with Gasteiger partial charge in [0.05, 0.1) is 31.0 Å². The second-order valence-corrected chi connectivity index (χ2v) is 6.84. The van der Waals surface area contributed by atoms with E-state index in [0.717, 1.165) is 43.1 Å². The minimum absolute atomic E-state index is 0. The fraction of sp³-hybridized carbons (Fsp3) is 0.476. The molecule has 158 valence electrons. The first-order chi connectivity index (χ1) is 13.7. The maximum absolute atomic E-state index is 12.1. The highest BCUT2D eigenvalue weighted by Crippen LogP contribution is 2.18. The number of guanidine groups is 1. The number of likely N-dealkylation sites (tertiary alicyclic amines) is 1. The van der Waals surface area contributed by atoms with Crippen LogP contribution in [0.4, 0.5) is 0 Å². The van der Waals surface area contributed by atoms with Crippen LogP contribution in [-0.2, 0) is 16.1 Å². The van der Waals surface area contributed by atoms with Gasteiger partial charge in [-0.05, 0) is 38.8 Å². The van der Waals surface area contributed by atoms with Crippen molar-refractivity contribution in [2.24, 2.45) is 10.9 Å². The number of nitrogens with one attached hydrogen (secondary N) is 1. The van der Waals surface area contributed by atoms with Gasteiger partial charge in [-0.25, -0.2) is 9.67 Å². The molecule has 0 spiro atoms. The summed E-state index contributed by atoms with van der Waals surface area (Å²) >= 11 is 0. The van der Waals surface area contributed by atoms with Crippen molar-refractivity contribution in [2.75, 3.05) is 26.2 Å². The van der Waals surface area contributed by atoms with Gasteiger partial charge in [0, 0.05) is 31.4 Å². The number of ether oxygens (including phenoxy) is 1. The van der Waals surface area contributed by atoms with E-state index >= 15 is 0 Å². The largest absolute Gasteiger partial charge is 0.466 e. The number of halogens is 1. The zero-order valence-corrected chi connectivity index (χ0v) is 19.4. The molecule has 0 aliphatic carbocycles. The zero-order valence-electron chi connectivity index (χ0n) is 17.1. The summed E-state index contributed by atoms with van der Waals surface area (Å²) in [5.74, 6) is 0.648. The molecule has 1 fully saturated rings. The highest BCUT2D eigenvalue weighted by molar-refractivity contribution is 14.0. The summed E-state index contributed by atoms with van der Waals surface area (Å²) < 4.78 is 7.06. The molecule has 1 saturated heterocycles. The summed E-state index contributed by atoms with van der Waals surface area (Å²) in [6.07, 6.45) is 5.68. The van der Waals surface area contributed by atoms with Crippen LogP contribution in [-0.4, -0.2) is 52.9 Å². The molecule has 1 N–H and O–H groups in total. The van der Waals surface area contributed by atoms with E-state index < -0.39 is 0 Å². The molecule has 1 aromatic heterocycles. The van der Waals surface area contributed by atoms with Crippen LogP contribution in [0.5, 0.6) is 0 Å². The standard InChI is InChI=1S/C21H29N5O2.HI/c1-3-22-21(25-12-8-9-18(16-25)20(27)28-4-2)23-13-17-14-24-26(15-17)19-10-6-5-7-11-19;/h5-7,10-11,14-15,18H,3-4,8-9,12-13,16H2,1-2H3,(H,22,23);1H. The van der Waals surface area contributed by atoms with Crippen LogP contribution >= 0.6 is 24.0 Å². The first-order valence-corrected chi connectivity index (χ1v) is 10.00.